The zero-order valence-corrected chi connectivity index (χ0v) is 14.3. The van der Waals surface area contributed by atoms with Crippen LogP contribution in [-0.4, -0.2) is 29.2 Å². The lowest BCUT2D eigenvalue weighted by Gasteiger charge is -2.15. The summed E-state index contributed by atoms with van der Waals surface area (Å²) in [6.07, 6.45) is 1.99. The molecule has 0 aliphatic heterocycles. The molecular formula is C18H23N3O3. The van der Waals surface area contributed by atoms with E-state index in [1.54, 1.807) is 13.8 Å². The molecule has 1 heterocycles. The number of nitrogens with zero attached hydrogens (tertiary/aromatic N) is 2. The van der Waals surface area contributed by atoms with E-state index in [9.17, 15) is 4.79 Å². The standard InChI is InChI=1S/C18H23N3O3/c1-4-6-11-24-14-10-8-7-9-13(14)16-15(17(22)23-5-2)12(3)20-18(19)21-16/h7-10H,4-6,11H2,1-3H3,(H2,19,20,21). The van der Waals surface area contributed by atoms with Crippen molar-refractivity contribution in [3.63, 3.8) is 0 Å². The molecule has 6 nitrogen and oxygen atoms in total. The van der Waals surface area contributed by atoms with Gasteiger partial charge in [0, 0.05) is 5.56 Å². The van der Waals surface area contributed by atoms with Crippen molar-refractivity contribution in [3.05, 3.63) is 35.5 Å². The molecule has 24 heavy (non-hydrogen) atoms. The first-order valence-electron chi connectivity index (χ1n) is 8.11. The van der Waals surface area contributed by atoms with E-state index in [4.69, 9.17) is 15.2 Å². The highest BCUT2D eigenvalue weighted by Gasteiger charge is 2.22. The number of rotatable bonds is 7. The second kappa shape index (κ2) is 8.29. The quantitative estimate of drug-likeness (QED) is 0.619. The lowest BCUT2D eigenvalue weighted by molar-refractivity contribution is 0.0525. The number of hydrogen-bond acceptors (Lipinski definition) is 6. The Morgan fingerprint density at radius 3 is 2.67 bits per heavy atom. The molecule has 2 aromatic rings. The van der Waals surface area contributed by atoms with Crippen LogP contribution in [0.1, 0.15) is 42.7 Å². The number of para-hydroxylation sites is 1. The Balaban J connectivity index is 2.53. The Hall–Kier alpha value is -2.63. The maximum atomic E-state index is 12.4. The predicted octanol–water partition coefficient (Wildman–Crippen LogP) is 3.39. The lowest BCUT2D eigenvalue weighted by atomic mass is 10.0. The van der Waals surface area contributed by atoms with Crippen molar-refractivity contribution in [2.75, 3.05) is 18.9 Å². The van der Waals surface area contributed by atoms with E-state index in [-0.39, 0.29) is 12.6 Å². The monoisotopic (exact) mass is 329 g/mol. The average Bonchev–Trinajstić information content (AvgIpc) is 2.55. The third-order valence-electron chi connectivity index (χ3n) is 3.48. The summed E-state index contributed by atoms with van der Waals surface area (Å²) in [7, 11) is 0. The van der Waals surface area contributed by atoms with Gasteiger partial charge in [0.05, 0.1) is 24.6 Å². The largest absolute Gasteiger partial charge is 0.493 e. The van der Waals surface area contributed by atoms with Crippen LogP contribution in [-0.2, 0) is 4.74 Å². The van der Waals surface area contributed by atoms with Crippen LogP contribution in [0.25, 0.3) is 11.3 Å². The van der Waals surface area contributed by atoms with Crippen LogP contribution >= 0.6 is 0 Å². The maximum Gasteiger partial charge on any atom is 0.342 e. The van der Waals surface area contributed by atoms with Crippen molar-refractivity contribution in [2.45, 2.75) is 33.6 Å². The van der Waals surface area contributed by atoms with E-state index in [0.717, 1.165) is 12.8 Å². The zero-order valence-electron chi connectivity index (χ0n) is 14.3. The number of ether oxygens (including phenoxy) is 2. The number of unbranched alkanes of at least 4 members (excludes halogenated alkanes) is 1. The molecule has 2 rings (SSSR count). The Bertz CT molecular complexity index is 717. The van der Waals surface area contributed by atoms with Crippen molar-refractivity contribution in [3.8, 4) is 17.0 Å². The van der Waals surface area contributed by atoms with Crippen molar-refractivity contribution >= 4 is 11.9 Å². The summed E-state index contributed by atoms with van der Waals surface area (Å²) in [5, 5.41) is 0. The van der Waals surface area contributed by atoms with Crippen molar-refractivity contribution in [2.24, 2.45) is 0 Å². The number of nitrogen functional groups attached to an aromatic ring is 1. The van der Waals surface area contributed by atoms with Gasteiger partial charge < -0.3 is 15.2 Å². The van der Waals surface area contributed by atoms with Gasteiger partial charge in [0.15, 0.2) is 0 Å². The molecule has 1 aromatic heterocycles. The molecule has 0 spiro atoms. The highest BCUT2D eigenvalue weighted by molar-refractivity contribution is 5.98. The first kappa shape index (κ1) is 17.7. The summed E-state index contributed by atoms with van der Waals surface area (Å²) >= 11 is 0. The second-order valence-electron chi connectivity index (χ2n) is 5.31. The Morgan fingerprint density at radius 1 is 1.21 bits per heavy atom. The number of carbonyl (C=O) groups excluding carboxylic acids is 1. The van der Waals surface area contributed by atoms with E-state index in [2.05, 4.69) is 16.9 Å². The minimum absolute atomic E-state index is 0.110. The smallest absolute Gasteiger partial charge is 0.342 e. The van der Waals surface area contributed by atoms with Crippen LogP contribution in [0, 0.1) is 6.92 Å². The van der Waals surface area contributed by atoms with Crippen molar-refractivity contribution < 1.29 is 14.3 Å². The van der Waals surface area contributed by atoms with Gasteiger partial charge in [0.1, 0.15) is 11.3 Å². The van der Waals surface area contributed by atoms with Gasteiger partial charge in [-0.25, -0.2) is 14.8 Å². The molecule has 0 atom stereocenters. The molecule has 0 saturated carbocycles. The topological polar surface area (TPSA) is 87.3 Å². The van der Waals surface area contributed by atoms with E-state index in [1.807, 2.05) is 24.3 Å². The molecule has 0 unspecified atom stereocenters. The number of esters is 1. The number of aryl methyl sites for hydroxylation is 1. The van der Waals surface area contributed by atoms with Crippen LogP contribution in [0.5, 0.6) is 5.75 Å². The first-order valence-corrected chi connectivity index (χ1v) is 8.11. The molecule has 2 N–H and O–H groups in total. The maximum absolute atomic E-state index is 12.4. The number of carbonyl (C=O) groups is 1. The molecule has 0 bridgehead atoms. The Morgan fingerprint density at radius 2 is 1.96 bits per heavy atom. The summed E-state index contributed by atoms with van der Waals surface area (Å²) in [4.78, 5) is 20.7. The minimum Gasteiger partial charge on any atom is -0.493 e. The van der Waals surface area contributed by atoms with Gasteiger partial charge >= 0.3 is 5.97 Å². The molecule has 0 fully saturated rings. The number of hydrogen-bond donors (Lipinski definition) is 1. The average molecular weight is 329 g/mol. The summed E-state index contributed by atoms with van der Waals surface area (Å²) < 4.78 is 11.0. The van der Waals surface area contributed by atoms with Gasteiger partial charge in [-0.2, -0.15) is 0 Å². The van der Waals surface area contributed by atoms with E-state index in [1.165, 1.54) is 0 Å². The molecule has 0 aliphatic carbocycles. The van der Waals surface area contributed by atoms with Gasteiger partial charge in [0.2, 0.25) is 5.95 Å². The van der Waals surface area contributed by atoms with Gasteiger partial charge in [0.25, 0.3) is 0 Å². The van der Waals surface area contributed by atoms with Gasteiger partial charge in [-0.1, -0.05) is 25.5 Å². The summed E-state index contributed by atoms with van der Waals surface area (Å²) in [5.41, 5.74) is 7.74. The van der Waals surface area contributed by atoms with E-state index in [0.29, 0.717) is 34.9 Å². The fraction of sp³-hybridized carbons (Fsp3) is 0.389. The van der Waals surface area contributed by atoms with Gasteiger partial charge in [-0.3, -0.25) is 0 Å². The zero-order chi connectivity index (χ0) is 17.5. The summed E-state index contributed by atoms with van der Waals surface area (Å²) in [6.45, 7) is 6.45. The number of benzene rings is 1. The fourth-order valence-corrected chi connectivity index (χ4v) is 2.35. The third-order valence-corrected chi connectivity index (χ3v) is 3.48. The first-order chi connectivity index (χ1) is 11.6. The Labute approximate surface area is 142 Å². The normalized spacial score (nSPS) is 10.5. The van der Waals surface area contributed by atoms with Gasteiger partial charge in [-0.05, 0) is 32.4 Å². The van der Waals surface area contributed by atoms with E-state index >= 15 is 0 Å². The highest BCUT2D eigenvalue weighted by atomic mass is 16.5. The van der Waals surface area contributed by atoms with Crippen LogP contribution in [0.3, 0.4) is 0 Å². The van der Waals surface area contributed by atoms with Gasteiger partial charge in [-0.15, -0.1) is 0 Å². The molecule has 0 saturated heterocycles. The molecule has 0 amide bonds. The van der Waals surface area contributed by atoms with E-state index < -0.39 is 5.97 Å². The van der Waals surface area contributed by atoms with Crippen LogP contribution in [0.2, 0.25) is 0 Å². The molecule has 128 valence electrons. The number of aromatic nitrogens is 2. The molecular weight excluding hydrogens is 306 g/mol. The second-order valence-corrected chi connectivity index (χ2v) is 5.31. The van der Waals surface area contributed by atoms with Crippen LogP contribution < -0.4 is 10.5 Å². The van der Waals surface area contributed by atoms with Crippen molar-refractivity contribution in [1.82, 2.24) is 9.97 Å². The summed E-state index contributed by atoms with van der Waals surface area (Å²) in [5.74, 6) is 0.307. The molecule has 6 heteroatoms. The van der Waals surface area contributed by atoms with Crippen LogP contribution in [0.4, 0.5) is 5.95 Å². The predicted molar refractivity (Wildman–Crippen MR) is 93.0 cm³/mol. The van der Waals surface area contributed by atoms with Crippen molar-refractivity contribution in [1.29, 1.82) is 0 Å². The summed E-state index contributed by atoms with van der Waals surface area (Å²) in [6, 6.07) is 7.45. The SMILES string of the molecule is CCCCOc1ccccc1-c1nc(N)nc(C)c1C(=O)OCC. The molecule has 0 radical (unpaired) electrons. The van der Waals surface area contributed by atoms with Crippen LogP contribution in [0.15, 0.2) is 24.3 Å². The third kappa shape index (κ3) is 4.01. The molecule has 1 aromatic carbocycles. The minimum atomic E-state index is -0.464. The lowest BCUT2D eigenvalue weighted by Crippen LogP contribution is -2.13. The Kier molecular flexibility index (Phi) is 6.12. The molecule has 0 aliphatic rings. The number of anilines is 1. The highest BCUT2D eigenvalue weighted by Crippen LogP contribution is 2.32. The number of nitrogens with two attached hydrogens (primary N) is 1. The fourth-order valence-electron chi connectivity index (χ4n) is 2.35.